The first-order valence-electron chi connectivity index (χ1n) is 7.33. The Hall–Kier alpha value is -1.44. The molecule has 2 aromatic rings. The highest BCUT2D eigenvalue weighted by Crippen LogP contribution is 2.28. The van der Waals surface area contributed by atoms with Gasteiger partial charge in [0.05, 0.1) is 0 Å². The molecule has 1 aromatic carbocycles. The Morgan fingerprint density at radius 2 is 2.23 bits per heavy atom. The van der Waals surface area contributed by atoms with E-state index in [0.29, 0.717) is 17.6 Å². The van der Waals surface area contributed by atoms with Gasteiger partial charge in [0.15, 0.2) is 4.34 Å². The normalized spacial score (nSPS) is 17.5. The summed E-state index contributed by atoms with van der Waals surface area (Å²) in [5.41, 5.74) is 1.25. The monoisotopic (exact) mass is 334 g/mol. The summed E-state index contributed by atoms with van der Waals surface area (Å²) in [6.45, 7) is 1.01. The molecule has 1 saturated heterocycles. The number of hydrogen-bond donors (Lipinski definition) is 2. The van der Waals surface area contributed by atoms with E-state index in [-0.39, 0.29) is 5.91 Å². The first-order chi connectivity index (χ1) is 10.8. The van der Waals surface area contributed by atoms with E-state index in [2.05, 4.69) is 33.0 Å². The summed E-state index contributed by atoms with van der Waals surface area (Å²) in [5, 5.41) is 14.9. The lowest BCUT2D eigenvalue weighted by Crippen LogP contribution is -2.27. The largest absolute Gasteiger partial charge is 0.313 e. The van der Waals surface area contributed by atoms with Crippen molar-refractivity contribution in [1.82, 2.24) is 15.5 Å². The molecule has 1 aliphatic heterocycles. The predicted octanol–water partition coefficient (Wildman–Crippen LogP) is 2.91. The Balaban J connectivity index is 1.47. The van der Waals surface area contributed by atoms with Crippen molar-refractivity contribution in [3.63, 3.8) is 0 Å². The Morgan fingerprint density at radius 3 is 3.00 bits per heavy atom. The van der Waals surface area contributed by atoms with Crippen LogP contribution >= 0.6 is 23.1 Å². The zero-order chi connectivity index (χ0) is 15.2. The molecule has 2 heterocycles. The van der Waals surface area contributed by atoms with Crippen LogP contribution in [-0.2, 0) is 10.5 Å². The summed E-state index contributed by atoms with van der Waals surface area (Å²) in [6.07, 6.45) is 2.73. The molecule has 1 fully saturated rings. The van der Waals surface area contributed by atoms with E-state index < -0.39 is 0 Å². The first-order valence-corrected chi connectivity index (χ1v) is 9.13. The molecule has 0 spiro atoms. The molecule has 5 nitrogen and oxygen atoms in total. The van der Waals surface area contributed by atoms with Crippen LogP contribution in [0.4, 0.5) is 5.13 Å². The molecular weight excluding hydrogens is 316 g/mol. The number of nitrogens with zero attached hydrogens (tertiary/aromatic N) is 2. The van der Waals surface area contributed by atoms with Gasteiger partial charge in [0.25, 0.3) is 0 Å². The van der Waals surface area contributed by atoms with E-state index in [0.717, 1.165) is 29.5 Å². The van der Waals surface area contributed by atoms with Gasteiger partial charge in [-0.3, -0.25) is 4.79 Å². The van der Waals surface area contributed by atoms with Gasteiger partial charge in [-0.05, 0) is 24.9 Å². The van der Waals surface area contributed by atoms with Crippen LogP contribution < -0.4 is 10.6 Å². The summed E-state index contributed by atoms with van der Waals surface area (Å²) in [6, 6.07) is 10.5. The number of aromatic nitrogens is 2. The SMILES string of the molecule is O=C(CC1CCCN1)Nc1nnc(SCc2ccccc2)s1. The Kier molecular flexibility index (Phi) is 5.42. The third-order valence-corrected chi connectivity index (χ3v) is 5.50. The highest BCUT2D eigenvalue weighted by atomic mass is 32.2. The second-order valence-electron chi connectivity index (χ2n) is 5.19. The van der Waals surface area contributed by atoms with E-state index >= 15 is 0 Å². The molecule has 0 saturated carbocycles. The lowest BCUT2D eigenvalue weighted by atomic mass is 10.1. The van der Waals surface area contributed by atoms with Crippen molar-refractivity contribution in [1.29, 1.82) is 0 Å². The molecule has 116 valence electrons. The van der Waals surface area contributed by atoms with Crippen LogP contribution in [0.25, 0.3) is 0 Å². The summed E-state index contributed by atoms with van der Waals surface area (Å²) in [4.78, 5) is 11.9. The van der Waals surface area contributed by atoms with Crippen molar-refractivity contribution in [3.8, 4) is 0 Å². The molecule has 7 heteroatoms. The van der Waals surface area contributed by atoms with Crippen LogP contribution in [0.15, 0.2) is 34.7 Å². The fraction of sp³-hybridized carbons (Fsp3) is 0.400. The third-order valence-electron chi connectivity index (χ3n) is 3.45. The number of hydrogen-bond acceptors (Lipinski definition) is 6. The Morgan fingerprint density at radius 1 is 1.36 bits per heavy atom. The second kappa shape index (κ2) is 7.71. The zero-order valence-corrected chi connectivity index (χ0v) is 13.8. The topological polar surface area (TPSA) is 66.9 Å². The van der Waals surface area contributed by atoms with Crippen molar-refractivity contribution >= 4 is 34.1 Å². The van der Waals surface area contributed by atoms with Gasteiger partial charge in [-0.15, -0.1) is 10.2 Å². The van der Waals surface area contributed by atoms with Gasteiger partial charge in [0.1, 0.15) is 0 Å². The smallest absolute Gasteiger partial charge is 0.227 e. The third kappa shape index (κ3) is 4.53. The Bertz CT molecular complexity index is 611. The standard InChI is InChI=1S/C15H18N4OS2/c20-13(9-12-7-4-8-16-12)17-14-18-19-15(22-14)21-10-11-5-2-1-3-6-11/h1-3,5-6,12,16H,4,7-10H2,(H,17,18,20). The molecule has 1 aliphatic rings. The minimum Gasteiger partial charge on any atom is -0.313 e. The lowest BCUT2D eigenvalue weighted by Gasteiger charge is -2.08. The molecule has 1 amide bonds. The molecule has 1 aromatic heterocycles. The molecular formula is C15H18N4OS2. The maximum atomic E-state index is 11.9. The van der Waals surface area contributed by atoms with Crippen molar-refractivity contribution in [2.45, 2.75) is 35.4 Å². The molecule has 22 heavy (non-hydrogen) atoms. The van der Waals surface area contributed by atoms with E-state index in [9.17, 15) is 4.79 Å². The maximum Gasteiger partial charge on any atom is 0.227 e. The van der Waals surface area contributed by atoms with Crippen LogP contribution in [0.1, 0.15) is 24.8 Å². The Labute approximate surface area is 137 Å². The fourth-order valence-electron chi connectivity index (χ4n) is 2.36. The summed E-state index contributed by atoms with van der Waals surface area (Å²) >= 11 is 3.06. The van der Waals surface area contributed by atoms with E-state index in [1.165, 1.54) is 16.9 Å². The number of carbonyl (C=O) groups is 1. The molecule has 0 bridgehead atoms. The molecule has 0 radical (unpaired) electrons. The minimum absolute atomic E-state index is 0.00941. The summed E-state index contributed by atoms with van der Waals surface area (Å²) < 4.78 is 0.873. The zero-order valence-electron chi connectivity index (χ0n) is 12.1. The fourth-order valence-corrected chi connectivity index (χ4v) is 4.09. The number of carbonyl (C=O) groups excluding carboxylic acids is 1. The number of nitrogens with one attached hydrogen (secondary N) is 2. The second-order valence-corrected chi connectivity index (χ2v) is 7.39. The van der Waals surface area contributed by atoms with Crippen LogP contribution in [0.3, 0.4) is 0 Å². The quantitative estimate of drug-likeness (QED) is 0.628. The predicted molar refractivity (Wildman–Crippen MR) is 90.2 cm³/mol. The van der Waals surface area contributed by atoms with Crippen LogP contribution in [0, 0.1) is 0 Å². The molecule has 1 unspecified atom stereocenters. The number of amides is 1. The number of rotatable bonds is 6. The maximum absolute atomic E-state index is 11.9. The molecule has 3 rings (SSSR count). The van der Waals surface area contributed by atoms with E-state index in [4.69, 9.17) is 0 Å². The average molecular weight is 334 g/mol. The van der Waals surface area contributed by atoms with Gasteiger partial charge < -0.3 is 10.6 Å². The van der Waals surface area contributed by atoms with Crippen LogP contribution in [-0.4, -0.2) is 28.7 Å². The van der Waals surface area contributed by atoms with Gasteiger partial charge in [-0.1, -0.05) is 53.4 Å². The first kappa shape index (κ1) is 15.5. The van der Waals surface area contributed by atoms with Crippen LogP contribution in [0.2, 0.25) is 0 Å². The highest BCUT2D eigenvalue weighted by molar-refractivity contribution is 8.00. The molecule has 0 aliphatic carbocycles. The average Bonchev–Trinajstić information content (AvgIpc) is 3.18. The number of benzene rings is 1. The summed E-state index contributed by atoms with van der Waals surface area (Å²) in [7, 11) is 0. The highest BCUT2D eigenvalue weighted by Gasteiger charge is 2.18. The summed E-state index contributed by atoms with van der Waals surface area (Å²) in [5.74, 6) is 0.866. The number of anilines is 1. The molecule has 1 atom stereocenters. The minimum atomic E-state index is 0.00941. The van der Waals surface area contributed by atoms with Crippen molar-refractivity contribution < 1.29 is 4.79 Å². The van der Waals surface area contributed by atoms with E-state index in [1.54, 1.807) is 11.8 Å². The van der Waals surface area contributed by atoms with Crippen molar-refractivity contribution in [3.05, 3.63) is 35.9 Å². The van der Waals surface area contributed by atoms with Gasteiger partial charge >= 0.3 is 0 Å². The lowest BCUT2D eigenvalue weighted by molar-refractivity contribution is -0.116. The van der Waals surface area contributed by atoms with Gasteiger partial charge in [-0.25, -0.2) is 0 Å². The van der Waals surface area contributed by atoms with Crippen molar-refractivity contribution in [2.75, 3.05) is 11.9 Å². The van der Waals surface area contributed by atoms with Gasteiger partial charge in [-0.2, -0.15) is 0 Å². The molecule has 2 N–H and O–H groups in total. The van der Waals surface area contributed by atoms with Gasteiger partial charge in [0.2, 0.25) is 11.0 Å². The van der Waals surface area contributed by atoms with Gasteiger partial charge in [0, 0.05) is 18.2 Å². The van der Waals surface area contributed by atoms with Crippen LogP contribution in [0.5, 0.6) is 0 Å². The van der Waals surface area contributed by atoms with Crippen molar-refractivity contribution in [2.24, 2.45) is 0 Å². The van der Waals surface area contributed by atoms with E-state index in [1.807, 2.05) is 18.2 Å². The number of thioether (sulfide) groups is 1.